The molecule has 0 N–H and O–H groups in total. The average molecular weight is 553 g/mol. The molecule has 0 saturated heterocycles. The van der Waals surface area contributed by atoms with Crippen molar-refractivity contribution in [1.82, 2.24) is 0 Å². The van der Waals surface area contributed by atoms with Crippen LogP contribution in [0.2, 0.25) is 0 Å². The fraction of sp³-hybridized carbons (Fsp3) is 1.00. The molecule has 0 aromatic heterocycles. The highest BCUT2D eigenvalue weighted by molar-refractivity contribution is 4.43. The van der Waals surface area contributed by atoms with Crippen molar-refractivity contribution in [2.45, 2.75) is 71.6 Å². The molecule has 9 nitrogen and oxygen atoms in total. The van der Waals surface area contributed by atoms with Gasteiger partial charge < -0.3 is 42.6 Å². The summed E-state index contributed by atoms with van der Waals surface area (Å²) >= 11 is 0. The summed E-state index contributed by atoms with van der Waals surface area (Å²) in [7, 11) is 0. The minimum Gasteiger partial charge on any atom is -0.379 e. The van der Waals surface area contributed by atoms with Gasteiger partial charge in [0, 0.05) is 13.2 Å². The Hall–Kier alpha value is -0.360. The van der Waals surface area contributed by atoms with Gasteiger partial charge in [0.2, 0.25) is 0 Å². The zero-order chi connectivity index (χ0) is 27.5. The molecule has 230 valence electrons. The van der Waals surface area contributed by atoms with E-state index < -0.39 is 0 Å². The van der Waals surface area contributed by atoms with E-state index in [1.165, 1.54) is 44.9 Å². The summed E-state index contributed by atoms with van der Waals surface area (Å²) in [5, 5.41) is 0. The lowest BCUT2D eigenvalue weighted by molar-refractivity contribution is -0.0250. The van der Waals surface area contributed by atoms with Gasteiger partial charge >= 0.3 is 0 Å². The predicted octanol–water partition coefficient (Wildman–Crippen LogP) is 4.69. The third kappa shape index (κ3) is 35.6. The summed E-state index contributed by atoms with van der Waals surface area (Å²) in [6.07, 6.45) is 11.2. The minimum atomic E-state index is 0.543. The molecule has 0 saturated carbocycles. The van der Waals surface area contributed by atoms with E-state index in [0.29, 0.717) is 106 Å². The van der Waals surface area contributed by atoms with Crippen molar-refractivity contribution in [2.24, 2.45) is 0 Å². The van der Waals surface area contributed by atoms with Gasteiger partial charge in [-0.05, 0) is 12.8 Å². The van der Waals surface area contributed by atoms with Gasteiger partial charge in [-0.15, -0.1) is 0 Å². The Morgan fingerprint density at radius 3 is 0.632 bits per heavy atom. The summed E-state index contributed by atoms with van der Waals surface area (Å²) < 4.78 is 49.4. The third-order valence-electron chi connectivity index (χ3n) is 5.51. The molecule has 0 fully saturated rings. The van der Waals surface area contributed by atoms with E-state index in [2.05, 4.69) is 13.8 Å². The van der Waals surface area contributed by atoms with Crippen LogP contribution in [0.25, 0.3) is 0 Å². The molecule has 9 heteroatoms. The Morgan fingerprint density at radius 1 is 0.211 bits per heavy atom. The zero-order valence-corrected chi connectivity index (χ0v) is 24.8. The Labute approximate surface area is 233 Å². The lowest BCUT2D eigenvalue weighted by atomic mass is 10.2. The molecule has 0 spiro atoms. The molecule has 0 heterocycles. The molecule has 0 unspecified atom stereocenters. The van der Waals surface area contributed by atoms with Crippen molar-refractivity contribution >= 4 is 0 Å². The number of hydrogen-bond donors (Lipinski definition) is 0. The highest BCUT2D eigenvalue weighted by Gasteiger charge is 1.96. The minimum absolute atomic E-state index is 0.543. The lowest BCUT2D eigenvalue weighted by Gasteiger charge is -2.09. The van der Waals surface area contributed by atoms with Crippen LogP contribution in [0.3, 0.4) is 0 Å². The molecular weight excluding hydrogens is 492 g/mol. The largest absolute Gasteiger partial charge is 0.379 e. The zero-order valence-electron chi connectivity index (χ0n) is 24.8. The van der Waals surface area contributed by atoms with E-state index in [9.17, 15) is 0 Å². The monoisotopic (exact) mass is 552 g/mol. The van der Waals surface area contributed by atoms with E-state index in [1.54, 1.807) is 0 Å². The summed E-state index contributed by atoms with van der Waals surface area (Å²) in [6.45, 7) is 15.3. The van der Waals surface area contributed by atoms with Crippen molar-refractivity contribution in [3.05, 3.63) is 0 Å². The fourth-order valence-electron chi connectivity index (χ4n) is 3.30. The second-order valence-corrected chi connectivity index (χ2v) is 8.99. The Bertz CT molecular complexity index is 366. The molecule has 0 aliphatic carbocycles. The highest BCUT2D eigenvalue weighted by atomic mass is 16.6. The van der Waals surface area contributed by atoms with Crippen LogP contribution in [0, 0.1) is 0 Å². The van der Waals surface area contributed by atoms with Gasteiger partial charge in [0.25, 0.3) is 0 Å². The molecule has 0 rings (SSSR count). The third-order valence-corrected chi connectivity index (χ3v) is 5.51. The first-order valence-electron chi connectivity index (χ1n) is 15.1. The van der Waals surface area contributed by atoms with Gasteiger partial charge in [0.05, 0.1) is 106 Å². The van der Waals surface area contributed by atoms with Crippen LogP contribution >= 0.6 is 0 Å². The van der Waals surface area contributed by atoms with Crippen LogP contribution in [0.1, 0.15) is 71.6 Å². The maximum Gasteiger partial charge on any atom is 0.0701 e. The molecule has 38 heavy (non-hydrogen) atoms. The number of rotatable bonds is 35. The average Bonchev–Trinajstić information content (AvgIpc) is 2.93. The second-order valence-electron chi connectivity index (χ2n) is 8.99. The Morgan fingerprint density at radius 2 is 0.395 bits per heavy atom. The van der Waals surface area contributed by atoms with Crippen molar-refractivity contribution < 1.29 is 42.6 Å². The number of ether oxygens (including phenoxy) is 9. The predicted molar refractivity (Wildman–Crippen MR) is 150 cm³/mol. The maximum absolute atomic E-state index is 5.55. The van der Waals surface area contributed by atoms with Gasteiger partial charge in [0.1, 0.15) is 0 Å². The molecular formula is C29H60O9. The highest BCUT2D eigenvalue weighted by Crippen LogP contribution is 2.02. The van der Waals surface area contributed by atoms with Gasteiger partial charge in [-0.2, -0.15) is 0 Å². The molecule has 0 amide bonds. The maximum atomic E-state index is 5.55. The van der Waals surface area contributed by atoms with Crippen molar-refractivity contribution in [1.29, 1.82) is 0 Å². The Kier molecular flexibility index (Phi) is 36.3. The first-order chi connectivity index (χ1) is 18.9. The fourth-order valence-corrected chi connectivity index (χ4v) is 3.30. The molecule has 0 atom stereocenters. The first-order valence-corrected chi connectivity index (χ1v) is 15.1. The van der Waals surface area contributed by atoms with E-state index in [0.717, 1.165) is 26.1 Å². The van der Waals surface area contributed by atoms with E-state index >= 15 is 0 Å². The standard InChI is InChI=1S/C29H60O9/c1-3-5-7-9-11-13-31-15-17-33-19-21-35-23-25-37-27-29-38-28-26-36-24-22-34-20-18-32-16-14-30-12-10-8-6-4-2/h3-29H2,1-2H3. The smallest absolute Gasteiger partial charge is 0.0701 e. The number of hydrogen-bond acceptors (Lipinski definition) is 9. The van der Waals surface area contributed by atoms with Gasteiger partial charge in [-0.1, -0.05) is 58.8 Å². The van der Waals surface area contributed by atoms with E-state index in [1.807, 2.05) is 0 Å². The van der Waals surface area contributed by atoms with Crippen LogP contribution in [-0.4, -0.2) is 119 Å². The normalized spacial score (nSPS) is 11.5. The summed E-state index contributed by atoms with van der Waals surface area (Å²) in [6, 6.07) is 0. The van der Waals surface area contributed by atoms with Crippen molar-refractivity contribution in [3.8, 4) is 0 Å². The lowest BCUT2D eigenvalue weighted by Crippen LogP contribution is -2.15. The molecule has 0 aliphatic rings. The quantitative estimate of drug-likeness (QED) is 0.104. The summed E-state index contributed by atoms with van der Waals surface area (Å²) in [5.74, 6) is 0. The molecule has 0 radical (unpaired) electrons. The molecule has 0 aromatic carbocycles. The first kappa shape index (κ1) is 37.6. The summed E-state index contributed by atoms with van der Waals surface area (Å²) in [5.41, 5.74) is 0. The van der Waals surface area contributed by atoms with Crippen LogP contribution in [0.15, 0.2) is 0 Å². The molecule has 0 aliphatic heterocycles. The van der Waals surface area contributed by atoms with E-state index in [-0.39, 0.29) is 0 Å². The van der Waals surface area contributed by atoms with Gasteiger partial charge in [-0.3, -0.25) is 0 Å². The number of unbranched alkanes of at least 4 members (excludes halogenated alkanes) is 7. The molecule has 0 aromatic rings. The summed E-state index contributed by atoms with van der Waals surface area (Å²) in [4.78, 5) is 0. The van der Waals surface area contributed by atoms with Crippen LogP contribution < -0.4 is 0 Å². The second kappa shape index (κ2) is 36.6. The van der Waals surface area contributed by atoms with E-state index in [4.69, 9.17) is 42.6 Å². The SMILES string of the molecule is CCCCCCCOCCOCCOCCOCCOCCOCCOCCOCCOCCCCCC. The van der Waals surface area contributed by atoms with Crippen LogP contribution in [0.4, 0.5) is 0 Å². The molecule has 0 bridgehead atoms. The van der Waals surface area contributed by atoms with Crippen molar-refractivity contribution in [2.75, 3.05) is 119 Å². The van der Waals surface area contributed by atoms with Gasteiger partial charge in [0.15, 0.2) is 0 Å². The van der Waals surface area contributed by atoms with Crippen molar-refractivity contribution in [3.63, 3.8) is 0 Å². The van der Waals surface area contributed by atoms with Crippen LogP contribution in [0.5, 0.6) is 0 Å². The topological polar surface area (TPSA) is 83.1 Å². The Balaban J connectivity index is 3.01. The van der Waals surface area contributed by atoms with Gasteiger partial charge in [-0.25, -0.2) is 0 Å². The van der Waals surface area contributed by atoms with Crippen LogP contribution in [-0.2, 0) is 42.6 Å².